The predicted octanol–water partition coefficient (Wildman–Crippen LogP) is 8.64. The van der Waals surface area contributed by atoms with Crippen molar-refractivity contribution in [3.63, 3.8) is 0 Å². The molecule has 0 unspecified atom stereocenters. The molecule has 1 aromatic heterocycles. The van der Waals surface area contributed by atoms with Crippen molar-refractivity contribution in [2.45, 2.75) is 108 Å². The Morgan fingerprint density at radius 1 is 0.643 bits per heavy atom. The van der Waals surface area contributed by atoms with E-state index in [-0.39, 0.29) is 0 Å². The molecule has 8 aliphatic carbocycles. The van der Waals surface area contributed by atoms with Crippen LogP contribution in [0, 0.1) is 35.5 Å². The zero-order valence-electron chi connectivity index (χ0n) is 25.1. The zero-order valence-corrected chi connectivity index (χ0v) is 25.9. The lowest BCUT2D eigenvalue weighted by atomic mass is 9.53. The van der Waals surface area contributed by atoms with Crippen molar-refractivity contribution in [3.8, 4) is 0 Å². The van der Waals surface area contributed by atoms with E-state index < -0.39 is 0 Å². The fourth-order valence-corrected chi connectivity index (χ4v) is 12.4. The average Bonchev–Trinajstić information content (AvgIpc) is 3.63. The minimum atomic E-state index is 0.476. The number of hydrogen-bond donors (Lipinski definition) is 2. The van der Waals surface area contributed by atoms with Gasteiger partial charge in [-0.1, -0.05) is 24.3 Å². The molecule has 4 heteroatoms. The molecular formula is C38H47N3S. The Labute approximate surface area is 256 Å². The van der Waals surface area contributed by atoms with Crippen molar-refractivity contribution >= 4 is 27.6 Å². The topological polar surface area (TPSA) is 36.4 Å². The Morgan fingerprint density at radius 3 is 1.74 bits per heavy atom. The van der Waals surface area contributed by atoms with Crippen LogP contribution < -0.4 is 10.6 Å². The largest absolute Gasteiger partial charge is 0.307 e. The van der Waals surface area contributed by atoms with E-state index in [0.717, 1.165) is 55.1 Å². The molecule has 8 fully saturated rings. The van der Waals surface area contributed by atoms with Crippen LogP contribution in [0.25, 0.3) is 10.1 Å². The second-order valence-corrected chi connectivity index (χ2v) is 16.8. The van der Waals surface area contributed by atoms with Crippen LogP contribution in [0.3, 0.4) is 0 Å². The molecule has 8 saturated carbocycles. The highest BCUT2D eigenvalue weighted by Gasteiger charge is 2.51. The van der Waals surface area contributed by atoms with Crippen LogP contribution in [-0.2, 0) is 19.6 Å². The van der Waals surface area contributed by atoms with Gasteiger partial charge in [-0.25, -0.2) is 0 Å². The molecule has 0 atom stereocenters. The van der Waals surface area contributed by atoms with Gasteiger partial charge in [0.15, 0.2) is 0 Å². The van der Waals surface area contributed by atoms with Gasteiger partial charge in [0.1, 0.15) is 0 Å². The smallest absolute Gasteiger partial charge is 0.0646 e. The van der Waals surface area contributed by atoms with Crippen molar-refractivity contribution in [3.05, 3.63) is 70.1 Å². The molecule has 2 N–H and O–H groups in total. The Bertz CT molecular complexity index is 1430. The summed E-state index contributed by atoms with van der Waals surface area (Å²) in [4.78, 5) is 4.36. The van der Waals surface area contributed by atoms with Crippen molar-refractivity contribution < 1.29 is 0 Å². The SMILES string of the molecule is C1=NCc2cc(CNC34CC5CC(CC(C5)C3)C4)ccc21.c1cc2cc(CNC34CC5CC(CC(C5)C3)C4)ccc2s1. The van der Waals surface area contributed by atoms with Crippen LogP contribution in [-0.4, -0.2) is 17.3 Å². The molecule has 12 rings (SSSR count). The van der Waals surface area contributed by atoms with Gasteiger partial charge in [0.05, 0.1) is 6.54 Å². The molecule has 3 nitrogen and oxygen atoms in total. The molecule has 1 aliphatic heterocycles. The molecule has 220 valence electrons. The summed E-state index contributed by atoms with van der Waals surface area (Å²) in [6.45, 7) is 2.97. The fraction of sp³-hybridized carbons (Fsp3) is 0.605. The lowest BCUT2D eigenvalue weighted by molar-refractivity contribution is -0.0207. The van der Waals surface area contributed by atoms with Gasteiger partial charge in [-0.2, -0.15) is 0 Å². The first-order valence-corrected chi connectivity index (χ1v) is 18.0. The summed E-state index contributed by atoms with van der Waals surface area (Å²) < 4.78 is 1.41. The molecule has 3 aromatic rings. The molecular weight excluding hydrogens is 531 g/mol. The molecule has 2 heterocycles. The highest BCUT2D eigenvalue weighted by atomic mass is 32.1. The number of rotatable bonds is 6. The minimum Gasteiger partial charge on any atom is -0.307 e. The number of benzene rings is 2. The van der Waals surface area contributed by atoms with Crippen LogP contribution >= 0.6 is 11.3 Å². The number of thiophene rings is 1. The van der Waals surface area contributed by atoms with Gasteiger partial charge >= 0.3 is 0 Å². The highest BCUT2D eigenvalue weighted by molar-refractivity contribution is 7.17. The Hall–Kier alpha value is -2.01. The molecule has 2 aromatic carbocycles. The summed E-state index contributed by atoms with van der Waals surface area (Å²) in [5.74, 6) is 6.17. The molecule has 0 spiro atoms. The Morgan fingerprint density at radius 2 is 1.17 bits per heavy atom. The lowest BCUT2D eigenvalue weighted by Gasteiger charge is -2.57. The van der Waals surface area contributed by atoms with E-state index >= 15 is 0 Å². The molecule has 8 bridgehead atoms. The summed E-state index contributed by atoms with van der Waals surface area (Å²) in [7, 11) is 0. The van der Waals surface area contributed by atoms with Gasteiger partial charge in [0.25, 0.3) is 0 Å². The number of aliphatic imine (C=N–C) groups is 1. The van der Waals surface area contributed by atoms with Crippen LogP contribution in [0.15, 0.2) is 52.8 Å². The number of fused-ring (bicyclic) bond motifs is 2. The first kappa shape index (κ1) is 26.4. The third kappa shape index (κ3) is 5.00. The van der Waals surface area contributed by atoms with E-state index in [4.69, 9.17) is 0 Å². The van der Waals surface area contributed by atoms with E-state index in [1.807, 2.05) is 17.6 Å². The molecule has 9 aliphatic rings. The second kappa shape index (κ2) is 10.3. The van der Waals surface area contributed by atoms with Gasteiger partial charge in [0, 0.05) is 35.1 Å². The van der Waals surface area contributed by atoms with Crippen LogP contribution in [0.1, 0.15) is 99.3 Å². The number of nitrogens with zero attached hydrogens (tertiary/aromatic N) is 1. The van der Waals surface area contributed by atoms with Gasteiger partial charge in [-0.3, -0.25) is 4.99 Å². The summed E-state index contributed by atoms with van der Waals surface area (Å²) in [6, 6.07) is 16.1. The van der Waals surface area contributed by atoms with E-state index in [2.05, 4.69) is 63.5 Å². The molecule has 42 heavy (non-hydrogen) atoms. The first-order valence-electron chi connectivity index (χ1n) is 17.1. The summed E-state index contributed by atoms with van der Waals surface area (Å²) in [5, 5.41) is 11.6. The van der Waals surface area contributed by atoms with Crippen LogP contribution in [0.5, 0.6) is 0 Å². The van der Waals surface area contributed by atoms with Gasteiger partial charge in [-0.15, -0.1) is 11.3 Å². The Balaban J connectivity index is 0.000000119. The fourth-order valence-electron chi connectivity index (χ4n) is 11.6. The average molecular weight is 578 g/mol. The summed E-state index contributed by atoms with van der Waals surface area (Å²) in [5.41, 5.74) is 6.57. The quantitative estimate of drug-likeness (QED) is 0.308. The molecule has 0 amide bonds. The molecule has 0 saturated heterocycles. The van der Waals surface area contributed by atoms with E-state index in [9.17, 15) is 0 Å². The lowest BCUT2D eigenvalue weighted by Crippen LogP contribution is -2.58. The van der Waals surface area contributed by atoms with Crippen molar-refractivity contribution in [2.24, 2.45) is 40.5 Å². The summed E-state index contributed by atoms with van der Waals surface area (Å²) >= 11 is 1.84. The van der Waals surface area contributed by atoms with Crippen molar-refractivity contribution in [1.82, 2.24) is 10.6 Å². The van der Waals surface area contributed by atoms with E-state index in [1.54, 1.807) is 0 Å². The van der Waals surface area contributed by atoms with Gasteiger partial charge < -0.3 is 10.6 Å². The standard InChI is InChI=1S/C19H24N2.C19H23NS/c1-2-17-11-20-12-18(17)6-13(1)10-21-19-7-14-3-15(8-19)5-16(4-14)9-19;1-2-18-17(3-4-21-18)8-13(1)12-20-19-9-14-5-15(10-19)7-16(6-14)11-19/h1-2,6,11,14-16,21H,3-5,7-10,12H2;1-4,8,14-16,20H,5-7,9-12H2. The van der Waals surface area contributed by atoms with Crippen LogP contribution in [0.4, 0.5) is 0 Å². The predicted molar refractivity (Wildman–Crippen MR) is 175 cm³/mol. The van der Waals surface area contributed by atoms with E-state index in [0.29, 0.717) is 11.1 Å². The minimum absolute atomic E-state index is 0.476. The van der Waals surface area contributed by atoms with Crippen molar-refractivity contribution in [1.29, 1.82) is 0 Å². The van der Waals surface area contributed by atoms with Crippen LogP contribution in [0.2, 0.25) is 0 Å². The third-order valence-corrected chi connectivity index (χ3v) is 13.5. The third-order valence-electron chi connectivity index (χ3n) is 12.6. The maximum absolute atomic E-state index is 4.36. The number of nitrogens with one attached hydrogen (secondary N) is 2. The monoisotopic (exact) mass is 577 g/mol. The Kier molecular flexibility index (Phi) is 6.46. The first-order chi connectivity index (χ1) is 20.6. The maximum atomic E-state index is 4.36. The van der Waals surface area contributed by atoms with Gasteiger partial charge in [-0.05, 0) is 164 Å². The molecule has 0 radical (unpaired) electrons. The second-order valence-electron chi connectivity index (χ2n) is 15.9. The van der Waals surface area contributed by atoms with Gasteiger partial charge in [0.2, 0.25) is 0 Å². The van der Waals surface area contributed by atoms with Crippen molar-refractivity contribution in [2.75, 3.05) is 0 Å². The normalized spacial score (nSPS) is 38.2. The maximum Gasteiger partial charge on any atom is 0.0646 e. The highest BCUT2D eigenvalue weighted by Crippen LogP contribution is 2.56. The number of hydrogen-bond acceptors (Lipinski definition) is 4. The zero-order chi connectivity index (χ0) is 27.7. The summed E-state index contributed by atoms with van der Waals surface area (Å²) in [6.07, 6.45) is 19.8. The van der Waals surface area contributed by atoms with E-state index in [1.165, 1.54) is 109 Å².